The van der Waals surface area contributed by atoms with Gasteiger partial charge in [0, 0.05) is 0 Å². The summed E-state index contributed by atoms with van der Waals surface area (Å²) in [6.45, 7) is 28.2. The molecule has 0 rings (SSSR count). The van der Waals surface area contributed by atoms with Crippen LogP contribution in [-0.2, 0) is 18.1 Å². The molecule has 0 aliphatic rings. The van der Waals surface area contributed by atoms with Gasteiger partial charge in [-0.3, -0.25) is 13.6 Å². The molecular weight excluding hydrogens is 383 g/mol. The van der Waals surface area contributed by atoms with Crippen molar-refractivity contribution in [2.24, 2.45) is 0 Å². The Labute approximate surface area is 178 Å². The maximum Gasteiger partial charge on any atom is 0.476 e. The van der Waals surface area contributed by atoms with Gasteiger partial charge < -0.3 is 0 Å². The number of hydrogen-bond donors (Lipinski definition) is 0. The number of hydrogen-bond acceptors (Lipinski definition) is 4. The van der Waals surface area contributed by atoms with E-state index in [1.807, 2.05) is 20.8 Å². The van der Waals surface area contributed by atoms with Gasteiger partial charge in [0.25, 0.3) is 0 Å². The maximum atomic E-state index is 14.0. The van der Waals surface area contributed by atoms with Crippen LogP contribution in [0.15, 0.2) is 75.9 Å². The lowest BCUT2D eigenvalue weighted by molar-refractivity contribution is -0.0508. The topological polar surface area (TPSA) is 44.8 Å². The average Bonchev–Trinajstić information content (AvgIpc) is 2.54. The Bertz CT molecular complexity index is 519. The molecule has 0 atom stereocenters. The normalized spacial score (nSPS) is 12.8. The molecule has 0 bridgehead atoms. The van der Waals surface area contributed by atoms with Crippen molar-refractivity contribution in [3.63, 3.8) is 0 Å². The second-order valence-corrected chi connectivity index (χ2v) is 9.47. The molecule has 0 aromatic carbocycles. The maximum absolute atomic E-state index is 14.0. The summed E-state index contributed by atoms with van der Waals surface area (Å²) in [7, 11) is -4.05. The van der Waals surface area contributed by atoms with E-state index in [9.17, 15) is 4.57 Å². The predicted octanol–water partition coefficient (Wildman–Crippen LogP) is 7.88. The lowest BCUT2D eigenvalue weighted by Gasteiger charge is -2.40. The van der Waals surface area contributed by atoms with Gasteiger partial charge in [0.15, 0.2) is 0 Å². The van der Waals surface area contributed by atoms with Gasteiger partial charge >= 0.3 is 7.82 Å². The van der Waals surface area contributed by atoms with Crippen molar-refractivity contribution in [3.8, 4) is 0 Å². The van der Waals surface area contributed by atoms with Crippen molar-refractivity contribution < 1.29 is 18.1 Å². The van der Waals surface area contributed by atoms with Crippen LogP contribution in [0.4, 0.5) is 0 Å². The molecule has 0 aliphatic carbocycles. The fraction of sp³-hybridized carbons (Fsp3) is 0.500. The number of rotatable bonds is 18. The quantitative estimate of drug-likeness (QED) is 0.166. The lowest BCUT2D eigenvalue weighted by atomic mass is 9.98. The molecule has 0 aliphatic heterocycles. The van der Waals surface area contributed by atoms with E-state index < -0.39 is 24.6 Å². The highest BCUT2D eigenvalue weighted by Crippen LogP contribution is 2.60. The molecule has 0 amide bonds. The molecule has 0 N–H and O–H groups in total. The Hall–Kier alpha value is -1.45. The van der Waals surface area contributed by atoms with E-state index in [0.717, 1.165) is 0 Å². The molecule has 0 unspecified atom stereocenters. The summed E-state index contributed by atoms with van der Waals surface area (Å²) in [5.74, 6) is 0. The summed E-state index contributed by atoms with van der Waals surface area (Å²) in [4.78, 5) is 0. The summed E-state index contributed by atoms with van der Waals surface area (Å²) >= 11 is 0. The zero-order chi connectivity index (χ0) is 22.6. The molecule has 0 spiro atoms. The standard InChI is InChI=1S/C24H39O4P/c1-10-16-22(7,17-11-2)26-29(25,27-23(8,18-12-3)19-13-4)28-24(9,20-14-5)21-15-6/h10-15H,1-6,16-21H2,7-9H3. The first-order valence-corrected chi connectivity index (χ1v) is 11.3. The summed E-state index contributed by atoms with van der Waals surface area (Å²) in [5.41, 5.74) is -2.53. The highest BCUT2D eigenvalue weighted by Gasteiger charge is 2.46. The van der Waals surface area contributed by atoms with E-state index in [-0.39, 0.29) is 0 Å². The second-order valence-electron chi connectivity index (χ2n) is 8.03. The zero-order valence-electron chi connectivity index (χ0n) is 18.5. The van der Waals surface area contributed by atoms with Crippen LogP contribution in [0, 0.1) is 0 Å². The Morgan fingerprint density at radius 3 is 0.862 bits per heavy atom. The summed E-state index contributed by atoms with van der Waals surface area (Å²) < 4.78 is 32.4. The van der Waals surface area contributed by atoms with Crippen molar-refractivity contribution in [3.05, 3.63) is 75.9 Å². The highest BCUT2D eigenvalue weighted by molar-refractivity contribution is 7.48. The van der Waals surface area contributed by atoms with Crippen molar-refractivity contribution in [1.82, 2.24) is 0 Å². The molecule has 29 heavy (non-hydrogen) atoms. The van der Waals surface area contributed by atoms with Crippen LogP contribution in [-0.4, -0.2) is 16.8 Å². The third kappa shape index (κ3) is 9.73. The summed E-state index contributed by atoms with van der Waals surface area (Å²) in [5, 5.41) is 0. The first-order chi connectivity index (χ1) is 13.5. The molecule has 0 aromatic heterocycles. The molecule has 5 heteroatoms. The van der Waals surface area contributed by atoms with Gasteiger partial charge in [0.1, 0.15) is 0 Å². The van der Waals surface area contributed by atoms with E-state index >= 15 is 0 Å². The predicted molar refractivity (Wildman–Crippen MR) is 125 cm³/mol. The van der Waals surface area contributed by atoms with Crippen LogP contribution in [0.2, 0.25) is 0 Å². The Morgan fingerprint density at radius 2 is 0.724 bits per heavy atom. The van der Waals surface area contributed by atoms with Crippen molar-refractivity contribution in [1.29, 1.82) is 0 Å². The van der Waals surface area contributed by atoms with Crippen LogP contribution >= 0.6 is 7.82 Å². The molecule has 0 fully saturated rings. The molecule has 0 saturated carbocycles. The minimum Gasteiger partial charge on any atom is -0.280 e. The van der Waals surface area contributed by atoms with Gasteiger partial charge in [-0.05, 0) is 59.3 Å². The first-order valence-electron chi connectivity index (χ1n) is 9.86. The smallest absolute Gasteiger partial charge is 0.280 e. The Balaban J connectivity index is 6.21. The van der Waals surface area contributed by atoms with Gasteiger partial charge in [0.2, 0.25) is 0 Å². The van der Waals surface area contributed by atoms with Crippen molar-refractivity contribution in [2.75, 3.05) is 0 Å². The van der Waals surface area contributed by atoms with Gasteiger partial charge in [-0.15, -0.1) is 39.5 Å². The van der Waals surface area contributed by atoms with Crippen LogP contribution in [0.1, 0.15) is 59.3 Å². The fourth-order valence-corrected chi connectivity index (χ4v) is 5.35. The molecule has 0 aromatic rings. The monoisotopic (exact) mass is 422 g/mol. The Kier molecular flexibility index (Phi) is 11.7. The van der Waals surface area contributed by atoms with Crippen LogP contribution < -0.4 is 0 Å². The van der Waals surface area contributed by atoms with E-state index in [1.165, 1.54) is 0 Å². The molecular formula is C24H39O4P. The van der Waals surface area contributed by atoms with Gasteiger partial charge in [-0.2, -0.15) is 0 Å². The lowest BCUT2D eigenvalue weighted by Crippen LogP contribution is -2.35. The zero-order valence-corrected chi connectivity index (χ0v) is 19.4. The molecule has 0 heterocycles. The Morgan fingerprint density at radius 1 is 0.552 bits per heavy atom. The van der Waals surface area contributed by atoms with E-state index in [0.29, 0.717) is 38.5 Å². The third-order valence-corrected chi connectivity index (χ3v) is 6.45. The van der Waals surface area contributed by atoms with Crippen LogP contribution in [0.3, 0.4) is 0 Å². The molecule has 0 radical (unpaired) electrons. The minimum atomic E-state index is -4.05. The molecule has 4 nitrogen and oxygen atoms in total. The fourth-order valence-electron chi connectivity index (χ4n) is 3.17. The largest absolute Gasteiger partial charge is 0.476 e. The van der Waals surface area contributed by atoms with E-state index in [2.05, 4.69) is 39.5 Å². The molecule has 0 saturated heterocycles. The summed E-state index contributed by atoms with van der Waals surface area (Å²) in [6, 6.07) is 0. The van der Waals surface area contributed by atoms with Crippen LogP contribution in [0.25, 0.3) is 0 Å². The van der Waals surface area contributed by atoms with Gasteiger partial charge in [-0.1, -0.05) is 36.5 Å². The minimum absolute atomic E-state index is 0.453. The number of phosphoric ester groups is 1. The highest BCUT2D eigenvalue weighted by atomic mass is 31.2. The van der Waals surface area contributed by atoms with Crippen molar-refractivity contribution >= 4 is 7.82 Å². The average molecular weight is 423 g/mol. The third-order valence-electron chi connectivity index (χ3n) is 4.45. The van der Waals surface area contributed by atoms with Crippen molar-refractivity contribution in [2.45, 2.75) is 76.1 Å². The second kappa shape index (κ2) is 12.3. The van der Waals surface area contributed by atoms with Crippen LogP contribution in [0.5, 0.6) is 0 Å². The number of phosphoric acid groups is 1. The molecule has 164 valence electrons. The summed E-state index contributed by atoms with van der Waals surface area (Å²) in [6.07, 6.45) is 13.0. The first kappa shape index (κ1) is 27.5. The van der Waals surface area contributed by atoms with E-state index in [4.69, 9.17) is 13.6 Å². The van der Waals surface area contributed by atoms with Gasteiger partial charge in [-0.25, -0.2) is 4.57 Å². The van der Waals surface area contributed by atoms with E-state index in [1.54, 1.807) is 36.5 Å². The SMILES string of the molecule is C=CCC(C)(CC=C)OP(=O)(OC(C)(CC=C)CC=C)OC(C)(CC=C)CC=C. The van der Waals surface area contributed by atoms with Gasteiger partial charge in [0.05, 0.1) is 16.8 Å².